The van der Waals surface area contributed by atoms with E-state index >= 15 is 0 Å². The molecule has 0 spiro atoms. The Kier molecular flexibility index (Phi) is 7.93. The van der Waals surface area contributed by atoms with E-state index in [4.69, 9.17) is 19.2 Å². The third-order valence-corrected chi connectivity index (χ3v) is 8.03. The summed E-state index contributed by atoms with van der Waals surface area (Å²) in [5.41, 5.74) is 2.70. The molecule has 1 atom stereocenters. The van der Waals surface area contributed by atoms with Gasteiger partial charge in [-0.2, -0.15) is 0 Å². The molecule has 3 aromatic rings. The van der Waals surface area contributed by atoms with Crippen LogP contribution in [0.2, 0.25) is 0 Å². The van der Waals surface area contributed by atoms with E-state index in [0.717, 1.165) is 67.0 Å². The SMILES string of the molecule is COCCOCCN1CCC(c2nc3ccc(C(=O)N[C@H]4CCOc5ccccc54)cc3s2)CC1. The zero-order chi connectivity index (χ0) is 24.0. The standard InChI is InChI=1S/C27H33N3O4S/c1-32-16-17-33-15-13-30-11-8-19(9-12-30)27-29-23-7-6-20(18-25(23)35-27)26(31)28-22-10-14-34-24-5-3-2-4-21(22)24/h2-7,18-19,22H,8-17H2,1H3,(H,28,31)/t22-/m0/s1. The van der Waals surface area contributed by atoms with Crippen molar-refractivity contribution in [2.24, 2.45) is 0 Å². The van der Waals surface area contributed by atoms with Gasteiger partial charge in [-0.3, -0.25) is 4.79 Å². The largest absolute Gasteiger partial charge is 0.493 e. The van der Waals surface area contributed by atoms with Crippen molar-refractivity contribution in [1.82, 2.24) is 15.2 Å². The van der Waals surface area contributed by atoms with Crippen LogP contribution < -0.4 is 10.1 Å². The number of carbonyl (C=O) groups is 1. The van der Waals surface area contributed by atoms with Gasteiger partial charge in [0.25, 0.3) is 5.91 Å². The first-order chi connectivity index (χ1) is 17.2. The van der Waals surface area contributed by atoms with Crippen molar-refractivity contribution >= 4 is 27.5 Å². The molecule has 7 nitrogen and oxygen atoms in total. The number of nitrogens with one attached hydrogen (secondary N) is 1. The van der Waals surface area contributed by atoms with Gasteiger partial charge in [0.05, 0.1) is 47.7 Å². The number of hydrogen-bond donors (Lipinski definition) is 1. The fourth-order valence-corrected chi connectivity index (χ4v) is 6.01. The maximum atomic E-state index is 13.1. The molecule has 0 bridgehead atoms. The minimum Gasteiger partial charge on any atom is -0.493 e. The van der Waals surface area contributed by atoms with Crippen LogP contribution in [0.15, 0.2) is 42.5 Å². The molecule has 1 N–H and O–H groups in total. The van der Waals surface area contributed by atoms with Crippen molar-refractivity contribution in [3.8, 4) is 5.75 Å². The summed E-state index contributed by atoms with van der Waals surface area (Å²) in [6, 6.07) is 13.8. The molecule has 1 aromatic heterocycles. The van der Waals surface area contributed by atoms with Gasteiger partial charge in [0.1, 0.15) is 5.75 Å². The Hall–Kier alpha value is -2.52. The Morgan fingerprint density at radius 2 is 2.00 bits per heavy atom. The van der Waals surface area contributed by atoms with Crippen LogP contribution in [-0.2, 0) is 9.47 Å². The highest BCUT2D eigenvalue weighted by molar-refractivity contribution is 7.18. The summed E-state index contributed by atoms with van der Waals surface area (Å²) in [4.78, 5) is 20.4. The Morgan fingerprint density at radius 1 is 1.14 bits per heavy atom. The van der Waals surface area contributed by atoms with Gasteiger partial charge in [-0.25, -0.2) is 4.98 Å². The van der Waals surface area contributed by atoms with Crippen LogP contribution in [0.5, 0.6) is 5.75 Å². The highest BCUT2D eigenvalue weighted by Crippen LogP contribution is 2.35. The number of aromatic nitrogens is 1. The first-order valence-electron chi connectivity index (χ1n) is 12.4. The first kappa shape index (κ1) is 24.2. The number of para-hydroxylation sites is 1. The van der Waals surface area contributed by atoms with E-state index in [0.29, 0.717) is 31.3 Å². The second kappa shape index (κ2) is 11.5. The number of fused-ring (bicyclic) bond motifs is 2. The number of ether oxygens (including phenoxy) is 3. The summed E-state index contributed by atoms with van der Waals surface area (Å²) in [5, 5.41) is 4.39. The van der Waals surface area contributed by atoms with Crippen LogP contribution in [-0.4, -0.2) is 69.0 Å². The van der Waals surface area contributed by atoms with Crippen molar-refractivity contribution in [1.29, 1.82) is 0 Å². The van der Waals surface area contributed by atoms with Gasteiger partial charge in [-0.1, -0.05) is 18.2 Å². The summed E-state index contributed by atoms with van der Waals surface area (Å²) in [6.07, 6.45) is 2.98. The monoisotopic (exact) mass is 495 g/mol. The summed E-state index contributed by atoms with van der Waals surface area (Å²) in [5.74, 6) is 1.29. The van der Waals surface area contributed by atoms with Crippen LogP contribution in [0.4, 0.5) is 0 Å². The molecule has 35 heavy (non-hydrogen) atoms. The first-order valence-corrected chi connectivity index (χ1v) is 13.2. The topological polar surface area (TPSA) is 72.9 Å². The van der Waals surface area contributed by atoms with Gasteiger partial charge >= 0.3 is 0 Å². The molecule has 0 saturated carbocycles. The number of likely N-dealkylation sites (tertiary alicyclic amines) is 1. The van der Waals surface area contributed by atoms with Gasteiger partial charge in [0.15, 0.2) is 0 Å². The predicted octanol–water partition coefficient (Wildman–Crippen LogP) is 4.39. The van der Waals surface area contributed by atoms with E-state index in [1.54, 1.807) is 18.4 Å². The van der Waals surface area contributed by atoms with Crippen molar-refractivity contribution < 1.29 is 19.0 Å². The molecular formula is C27H33N3O4S. The third-order valence-electron chi connectivity index (χ3n) is 6.85. The van der Waals surface area contributed by atoms with Gasteiger partial charge in [0, 0.05) is 37.1 Å². The quantitative estimate of drug-likeness (QED) is 0.444. The molecule has 8 heteroatoms. The minimum atomic E-state index is -0.0513. The molecule has 0 radical (unpaired) electrons. The van der Waals surface area contributed by atoms with Gasteiger partial charge in [0.2, 0.25) is 0 Å². The van der Waals surface area contributed by atoms with Gasteiger partial charge in [-0.15, -0.1) is 11.3 Å². The molecule has 2 aliphatic rings. The third kappa shape index (κ3) is 5.83. The number of carbonyl (C=O) groups excluding carboxylic acids is 1. The van der Waals surface area contributed by atoms with E-state index in [1.165, 1.54) is 5.01 Å². The van der Waals surface area contributed by atoms with Gasteiger partial charge < -0.3 is 24.4 Å². The molecular weight excluding hydrogens is 462 g/mol. The molecule has 1 amide bonds. The molecule has 5 rings (SSSR count). The van der Waals surface area contributed by atoms with Crippen molar-refractivity contribution in [2.45, 2.75) is 31.2 Å². The van der Waals surface area contributed by atoms with Crippen molar-refractivity contribution in [3.05, 3.63) is 58.6 Å². The molecule has 2 aliphatic heterocycles. The van der Waals surface area contributed by atoms with E-state index in [1.807, 2.05) is 42.5 Å². The number of thiazole rings is 1. The molecule has 0 unspecified atom stereocenters. The molecule has 1 saturated heterocycles. The predicted molar refractivity (Wildman–Crippen MR) is 137 cm³/mol. The van der Waals surface area contributed by atoms with Crippen molar-refractivity contribution in [3.63, 3.8) is 0 Å². The molecule has 3 heterocycles. The second-order valence-corrected chi connectivity index (χ2v) is 10.2. The van der Waals surface area contributed by atoms with Crippen molar-refractivity contribution in [2.75, 3.05) is 53.2 Å². The van der Waals surface area contributed by atoms with Crippen LogP contribution in [0.25, 0.3) is 10.2 Å². The summed E-state index contributed by atoms with van der Waals surface area (Å²) < 4.78 is 17.4. The fourth-order valence-electron chi connectivity index (χ4n) is 4.83. The van der Waals surface area contributed by atoms with E-state index in [-0.39, 0.29) is 11.9 Å². The van der Waals surface area contributed by atoms with E-state index in [9.17, 15) is 4.79 Å². The lowest BCUT2D eigenvalue weighted by Crippen LogP contribution is -2.35. The zero-order valence-electron chi connectivity index (χ0n) is 20.2. The summed E-state index contributed by atoms with van der Waals surface area (Å²) >= 11 is 1.73. The lowest BCUT2D eigenvalue weighted by atomic mass is 9.97. The number of methoxy groups -OCH3 is 1. The van der Waals surface area contributed by atoms with Crippen LogP contribution in [0.3, 0.4) is 0 Å². The number of rotatable bonds is 9. The number of benzene rings is 2. The lowest BCUT2D eigenvalue weighted by Gasteiger charge is -2.30. The lowest BCUT2D eigenvalue weighted by molar-refractivity contribution is 0.0532. The molecule has 186 valence electrons. The van der Waals surface area contributed by atoms with Crippen LogP contribution in [0, 0.1) is 0 Å². The normalized spacial score (nSPS) is 18.8. The number of nitrogens with zero attached hydrogens (tertiary/aromatic N) is 2. The zero-order valence-corrected chi connectivity index (χ0v) is 21.0. The van der Waals surface area contributed by atoms with E-state index in [2.05, 4.69) is 10.2 Å². The smallest absolute Gasteiger partial charge is 0.251 e. The van der Waals surface area contributed by atoms with Gasteiger partial charge in [-0.05, 0) is 50.2 Å². The maximum Gasteiger partial charge on any atom is 0.251 e. The van der Waals surface area contributed by atoms with E-state index < -0.39 is 0 Å². The Morgan fingerprint density at radius 3 is 2.86 bits per heavy atom. The highest BCUT2D eigenvalue weighted by Gasteiger charge is 2.25. The Bertz CT molecular complexity index is 1140. The number of hydrogen-bond acceptors (Lipinski definition) is 7. The average molecular weight is 496 g/mol. The Labute approximate surface area is 210 Å². The van der Waals surface area contributed by atoms with Crippen LogP contribution in [0.1, 0.15) is 52.2 Å². The fraction of sp³-hybridized carbons (Fsp3) is 0.481. The summed E-state index contributed by atoms with van der Waals surface area (Å²) in [7, 11) is 1.69. The molecule has 2 aromatic carbocycles. The molecule has 0 aliphatic carbocycles. The number of amides is 1. The summed E-state index contributed by atoms with van der Waals surface area (Å²) in [6.45, 7) is 5.75. The average Bonchev–Trinajstić information content (AvgIpc) is 3.33. The Balaban J connectivity index is 1.18. The maximum absolute atomic E-state index is 13.1. The molecule has 1 fully saturated rings. The minimum absolute atomic E-state index is 0.0317. The number of piperidine rings is 1. The van der Waals surface area contributed by atoms with Crippen LogP contribution >= 0.6 is 11.3 Å². The highest BCUT2D eigenvalue weighted by atomic mass is 32.1. The second-order valence-electron chi connectivity index (χ2n) is 9.16.